The average molecular weight is 419 g/mol. The van der Waals surface area contributed by atoms with E-state index in [9.17, 15) is 9.59 Å². The first kappa shape index (κ1) is 19.5. The molecule has 1 saturated carbocycles. The third-order valence-corrected chi connectivity index (χ3v) is 6.07. The van der Waals surface area contributed by atoms with E-state index in [1.54, 1.807) is 23.0 Å². The number of likely N-dealkylation sites (N-methyl/N-ethyl adjacent to an activating group) is 1. The van der Waals surface area contributed by atoms with Crippen molar-refractivity contribution in [1.82, 2.24) is 29.9 Å². The van der Waals surface area contributed by atoms with Crippen molar-refractivity contribution in [2.24, 2.45) is 0 Å². The maximum absolute atomic E-state index is 13.0. The summed E-state index contributed by atoms with van der Waals surface area (Å²) in [5.41, 5.74) is 2.12. The van der Waals surface area contributed by atoms with Crippen molar-refractivity contribution in [2.75, 3.05) is 11.9 Å². The van der Waals surface area contributed by atoms with Crippen LogP contribution in [0, 0.1) is 0 Å². The van der Waals surface area contributed by atoms with E-state index in [0.29, 0.717) is 18.9 Å². The van der Waals surface area contributed by atoms with Gasteiger partial charge in [0.15, 0.2) is 0 Å². The van der Waals surface area contributed by atoms with Gasteiger partial charge in [-0.3, -0.25) is 14.5 Å². The van der Waals surface area contributed by atoms with Crippen LogP contribution in [-0.4, -0.2) is 49.4 Å². The molecule has 2 aliphatic rings. The fraction of sp³-hybridized carbons (Fsp3) is 0.409. The molecular formula is C22H25N7O2. The molecule has 3 aromatic rings. The Balaban J connectivity index is 1.28. The summed E-state index contributed by atoms with van der Waals surface area (Å²) in [5, 5.41) is 11.8. The molecule has 0 saturated heterocycles. The number of anilines is 1. The molecule has 1 unspecified atom stereocenters. The van der Waals surface area contributed by atoms with E-state index in [-0.39, 0.29) is 17.8 Å². The smallest absolute Gasteiger partial charge is 0.291 e. The van der Waals surface area contributed by atoms with Crippen LogP contribution in [0.2, 0.25) is 0 Å². The molecule has 0 radical (unpaired) electrons. The van der Waals surface area contributed by atoms with E-state index in [1.165, 1.54) is 0 Å². The first-order valence-corrected chi connectivity index (χ1v) is 10.6. The lowest BCUT2D eigenvalue weighted by atomic mass is 10.1. The molecule has 5 rings (SSSR count). The zero-order valence-corrected chi connectivity index (χ0v) is 17.6. The van der Waals surface area contributed by atoms with E-state index < -0.39 is 11.9 Å². The van der Waals surface area contributed by atoms with Gasteiger partial charge in [0.05, 0.1) is 11.7 Å². The Morgan fingerprint density at radius 2 is 1.94 bits per heavy atom. The van der Waals surface area contributed by atoms with Gasteiger partial charge in [-0.2, -0.15) is 5.10 Å². The monoisotopic (exact) mass is 419 g/mol. The van der Waals surface area contributed by atoms with Crippen LogP contribution in [0.5, 0.6) is 0 Å². The second-order valence-electron chi connectivity index (χ2n) is 8.27. The summed E-state index contributed by atoms with van der Waals surface area (Å²) < 4.78 is 3.52. The molecule has 1 fully saturated rings. The molecule has 160 valence electrons. The zero-order valence-electron chi connectivity index (χ0n) is 17.6. The molecule has 2 amide bonds. The van der Waals surface area contributed by atoms with Gasteiger partial charge in [-0.15, -0.1) is 5.10 Å². The highest BCUT2D eigenvalue weighted by molar-refractivity contribution is 6.00. The van der Waals surface area contributed by atoms with Crippen LogP contribution in [0.3, 0.4) is 0 Å². The van der Waals surface area contributed by atoms with Crippen LogP contribution in [0.1, 0.15) is 60.0 Å². The van der Waals surface area contributed by atoms with Crippen molar-refractivity contribution in [3.63, 3.8) is 0 Å². The number of fused-ring (bicyclic) bond motifs is 1. The first-order chi connectivity index (χ1) is 15.0. The minimum atomic E-state index is -0.651. The van der Waals surface area contributed by atoms with Crippen LogP contribution >= 0.6 is 0 Å². The topological polar surface area (TPSA) is 97.9 Å². The standard InChI is InChI=1S/C22H25N7O2/c1-14(15-6-4-3-5-7-15)29-13-23-20(26-29)21(30)24-17-10-11-28-19(27(2)22(17)31)12-18(25-28)16-8-9-16/h3-7,12-14,16-17H,8-11H2,1-2H3,(H,24,30)/t14-,17?/m0/s1. The fourth-order valence-electron chi connectivity index (χ4n) is 3.97. The SMILES string of the molecule is C[C@@H](c1ccccc1)n1cnc(C(=O)NC2CCn3nc(C4CC4)cc3N(C)C2=O)n1. The second kappa shape index (κ2) is 7.64. The van der Waals surface area contributed by atoms with Gasteiger partial charge >= 0.3 is 0 Å². The van der Waals surface area contributed by atoms with Gasteiger partial charge in [0.2, 0.25) is 5.82 Å². The van der Waals surface area contributed by atoms with Crippen LogP contribution < -0.4 is 10.2 Å². The van der Waals surface area contributed by atoms with Crippen molar-refractivity contribution >= 4 is 17.6 Å². The molecule has 0 bridgehead atoms. The number of benzene rings is 1. The Morgan fingerprint density at radius 1 is 1.16 bits per heavy atom. The molecule has 3 heterocycles. The molecule has 1 aliphatic carbocycles. The van der Waals surface area contributed by atoms with Crippen LogP contribution in [-0.2, 0) is 11.3 Å². The largest absolute Gasteiger partial charge is 0.337 e. The summed E-state index contributed by atoms with van der Waals surface area (Å²) in [4.78, 5) is 31.5. The van der Waals surface area contributed by atoms with Crippen molar-refractivity contribution in [3.8, 4) is 0 Å². The lowest BCUT2D eigenvalue weighted by Gasteiger charge is -2.20. The second-order valence-corrected chi connectivity index (χ2v) is 8.27. The number of hydrogen-bond donors (Lipinski definition) is 1. The van der Waals surface area contributed by atoms with Gasteiger partial charge in [0, 0.05) is 25.6 Å². The molecule has 0 spiro atoms. The Morgan fingerprint density at radius 3 is 2.68 bits per heavy atom. The summed E-state index contributed by atoms with van der Waals surface area (Å²) >= 11 is 0. The molecule has 1 aromatic carbocycles. The van der Waals surface area contributed by atoms with Crippen LogP contribution in [0.15, 0.2) is 42.7 Å². The maximum Gasteiger partial charge on any atom is 0.291 e. The zero-order chi connectivity index (χ0) is 21.5. The fourth-order valence-corrected chi connectivity index (χ4v) is 3.97. The van der Waals surface area contributed by atoms with Gasteiger partial charge in [-0.1, -0.05) is 30.3 Å². The number of aromatic nitrogens is 5. The maximum atomic E-state index is 13.0. The predicted octanol–water partition coefficient (Wildman–Crippen LogP) is 2.13. The lowest BCUT2D eigenvalue weighted by Crippen LogP contribution is -2.47. The summed E-state index contributed by atoms with van der Waals surface area (Å²) in [6, 6.07) is 11.2. The number of rotatable bonds is 5. The lowest BCUT2D eigenvalue weighted by molar-refractivity contribution is -0.120. The summed E-state index contributed by atoms with van der Waals surface area (Å²) in [7, 11) is 1.73. The molecule has 1 N–H and O–H groups in total. The number of carbonyl (C=O) groups excluding carboxylic acids is 2. The Labute approximate surface area is 180 Å². The third-order valence-electron chi connectivity index (χ3n) is 6.07. The van der Waals surface area contributed by atoms with Crippen molar-refractivity contribution in [3.05, 3.63) is 59.8 Å². The van der Waals surface area contributed by atoms with Gasteiger partial charge in [-0.25, -0.2) is 14.3 Å². The normalized spacial score (nSPS) is 19.6. The molecule has 31 heavy (non-hydrogen) atoms. The summed E-state index contributed by atoms with van der Waals surface area (Å²) in [6.07, 6.45) is 4.34. The van der Waals surface area contributed by atoms with Gasteiger partial charge in [0.25, 0.3) is 11.8 Å². The van der Waals surface area contributed by atoms with E-state index in [4.69, 9.17) is 0 Å². The number of aryl methyl sites for hydroxylation is 1. The van der Waals surface area contributed by atoms with Gasteiger partial charge in [-0.05, 0) is 31.7 Å². The first-order valence-electron chi connectivity index (χ1n) is 10.6. The van der Waals surface area contributed by atoms with E-state index in [0.717, 1.165) is 29.9 Å². The minimum absolute atomic E-state index is 0.0521. The van der Waals surface area contributed by atoms with Crippen LogP contribution in [0.25, 0.3) is 0 Å². The third kappa shape index (κ3) is 3.71. The molecule has 9 nitrogen and oxygen atoms in total. The summed E-state index contributed by atoms with van der Waals surface area (Å²) in [5.74, 6) is 0.743. The highest BCUT2D eigenvalue weighted by Gasteiger charge is 2.34. The predicted molar refractivity (Wildman–Crippen MR) is 114 cm³/mol. The quantitative estimate of drug-likeness (QED) is 0.683. The van der Waals surface area contributed by atoms with Crippen LogP contribution in [0.4, 0.5) is 5.82 Å². The summed E-state index contributed by atoms with van der Waals surface area (Å²) in [6.45, 7) is 2.56. The molecule has 9 heteroatoms. The van der Waals surface area contributed by atoms with E-state index in [1.807, 2.05) is 48.0 Å². The van der Waals surface area contributed by atoms with Crippen molar-refractivity contribution in [2.45, 2.75) is 50.7 Å². The Bertz CT molecular complexity index is 1120. The Hall–Kier alpha value is -3.49. The number of nitrogens with zero attached hydrogens (tertiary/aromatic N) is 6. The number of carbonyl (C=O) groups is 2. The Kier molecular flexibility index (Phi) is 4.80. The highest BCUT2D eigenvalue weighted by atomic mass is 16.2. The molecule has 2 aromatic heterocycles. The van der Waals surface area contributed by atoms with Crippen molar-refractivity contribution < 1.29 is 9.59 Å². The molecular weight excluding hydrogens is 394 g/mol. The number of hydrogen-bond acceptors (Lipinski definition) is 5. The minimum Gasteiger partial charge on any atom is -0.337 e. The van der Waals surface area contributed by atoms with Gasteiger partial charge < -0.3 is 5.32 Å². The highest BCUT2D eigenvalue weighted by Crippen LogP contribution is 2.40. The number of amides is 2. The van der Waals surface area contributed by atoms with E-state index >= 15 is 0 Å². The number of nitrogens with one attached hydrogen (secondary N) is 1. The van der Waals surface area contributed by atoms with Crippen molar-refractivity contribution in [1.29, 1.82) is 0 Å². The van der Waals surface area contributed by atoms with E-state index in [2.05, 4.69) is 20.5 Å². The van der Waals surface area contributed by atoms with Gasteiger partial charge in [0.1, 0.15) is 18.2 Å². The molecule has 1 aliphatic heterocycles. The molecule has 2 atom stereocenters. The average Bonchev–Trinajstić information content (AvgIpc) is 3.39.